The van der Waals surface area contributed by atoms with E-state index in [0.717, 1.165) is 12.1 Å². The zero-order valence-corrected chi connectivity index (χ0v) is 11.1. The third-order valence-corrected chi connectivity index (χ3v) is 3.95. The molecule has 0 saturated heterocycles. The number of amides is 1. The maximum Gasteiger partial charge on any atom is 0.321 e. The van der Waals surface area contributed by atoms with Gasteiger partial charge in [0, 0.05) is 12.2 Å². The number of aliphatic carboxylic acids is 1. The Balaban J connectivity index is 2.98. The lowest BCUT2D eigenvalue weighted by atomic mass is 10.2. The van der Waals surface area contributed by atoms with Crippen LogP contribution in [0.4, 0.5) is 0 Å². The summed E-state index contributed by atoms with van der Waals surface area (Å²) in [5.74, 6) is -2.10. The van der Waals surface area contributed by atoms with Crippen molar-refractivity contribution in [3.63, 3.8) is 0 Å². The van der Waals surface area contributed by atoms with Gasteiger partial charge in [-0.3, -0.25) is 9.59 Å². The summed E-state index contributed by atoms with van der Waals surface area (Å²) in [5.41, 5.74) is 5.16. The van der Waals surface area contributed by atoms with Crippen LogP contribution in [0.5, 0.6) is 0 Å². The van der Waals surface area contributed by atoms with Crippen molar-refractivity contribution in [3.05, 3.63) is 29.8 Å². The van der Waals surface area contributed by atoms with E-state index in [0.29, 0.717) is 0 Å². The highest BCUT2D eigenvalue weighted by Gasteiger charge is 2.24. The minimum atomic E-state index is -4.06. The second-order valence-electron chi connectivity index (χ2n) is 3.91. The molecule has 1 amide bonds. The molecule has 0 saturated carbocycles. The average molecular weight is 302 g/mol. The van der Waals surface area contributed by atoms with Gasteiger partial charge in [0.1, 0.15) is 6.04 Å². The van der Waals surface area contributed by atoms with Crippen molar-refractivity contribution >= 4 is 21.9 Å². The number of carboxylic acid groups (broad SMARTS) is 1. The van der Waals surface area contributed by atoms with Gasteiger partial charge < -0.3 is 15.9 Å². The number of nitrogens with two attached hydrogens (primary N) is 1. The quantitative estimate of drug-likeness (QED) is 0.502. The summed E-state index contributed by atoms with van der Waals surface area (Å²) >= 11 is 0. The van der Waals surface area contributed by atoms with Gasteiger partial charge in [0.2, 0.25) is 15.9 Å². The van der Waals surface area contributed by atoms with Gasteiger partial charge in [0.25, 0.3) is 0 Å². The predicted molar refractivity (Wildman–Crippen MR) is 68.4 cm³/mol. The van der Waals surface area contributed by atoms with Crippen LogP contribution in [-0.2, 0) is 14.8 Å². The van der Waals surface area contributed by atoms with Gasteiger partial charge >= 0.3 is 5.97 Å². The summed E-state index contributed by atoms with van der Waals surface area (Å²) in [6, 6.07) is 3.29. The third kappa shape index (κ3) is 4.02. The Morgan fingerprint density at radius 2 is 1.80 bits per heavy atom. The molecule has 0 aromatic heterocycles. The van der Waals surface area contributed by atoms with Crippen LogP contribution in [-0.4, -0.2) is 43.2 Å². The molecule has 0 aliphatic rings. The standard InChI is InChI=1S/C11H14N2O6S/c12-10(15)7-1-3-8(4-2-7)20(18,19)13-9(5-6-14)11(16)17/h1-4,9,13-14H,5-6H2,(H2,12,15)(H,16,17)/t9-/m0/s1. The molecule has 9 heteroatoms. The van der Waals surface area contributed by atoms with Gasteiger partial charge in [0.05, 0.1) is 4.90 Å². The molecule has 0 radical (unpaired) electrons. The number of hydrogen-bond donors (Lipinski definition) is 4. The Morgan fingerprint density at radius 3 is 2.20 bits per heavy atom. The molecule has 5 N–H and O–H groups in total. The van der Waals surface area contributed by atoms with Gasteiger partial charge in [-0.15, -0.1) is 0 Å². The van der Waals surface area contributed by atoms with Crippen molar-refractivity contribution in [3.8, 4) is 0 Å². The van der Waals surface area contributed by atoms with E-state index < -0.39 is 34.5 Å². The van der Waals surface area contributed by atoms with Crippen LogP contribution in [0.25, 0.3) is 0 Å². The molecule has 0 heterocycles. The first-order valence-corrected chi connectivity index (χ1v) is 7.02. The minimum Gasteiger partial charge on any atom is -0.480 e. The van der Waals surface area contributed by atoms with Gasteiger partial charge in [-0.2, -0.15) is 4.72 Å². The lowest BCUT2D eigenvalue weighted by molar-refractivity contribution is -0.139. The lowest BCUT2D eigenvalue weighted by Gasteiger charge is -2.13. The summed E-state index contributed by atoms with van der Waals surface area (Å²) in [6.07, 6.45) is -0.256. The Labute approximate surface area is 115 Å². The molecule has 20 heavy (non-hydrogen) atoms. The molecule has 0 aliphatic carbocycles. The van der Waals surface area contributed by atoms with Gasteiger partial charge in [0.15, 0.2) is 0 Å². The molecular weight excluding hydrogens is 288 g/mol. The fourth-order valence-corrected chi connectivity index (χ4v) is 2.64. The summed E-state index contributed by atoms with van der Waals surface area (Å²) < 4.78 is 25.8. The minimum absolute atomic E-state index is 0.133. The summed E-state index contributed by atoms with van der Waals surface area (Å²) in [5, 5.41) is 17.5. The molecule has 0 spiro atoms. The third-order valence-electron chi connectivity index (χ3n) is 2.46. The summed E-state index contributed by atoms with van der Waals surface area (Å²) in [6.45, 7) is -0.472. The highest BCUT2D eigenvalue weighted by Crippen LogP contribution is 2.11. The van der Waals surface area contributed by atoms with E-state index in [1.165, 1.54) is 12.1 Å². The van der Waals surface area contributed by atoms with Crippen LogP contribution in [0.1, 0.15) is 16.8 Å². The number of rotatable bonds is 7. The number of nitrogens with one attached hydrogen (secondary N) is 1. The van der Waals surface area contributed by atoms with Crippen molar-refractivity contribution in [2.45, 2.75) is 17.4 Å². The van der Waals surface area contributed by atoms with Crippen molar-refractivity contribution in [2.24, 2.45) is 5.73 Å². The van der Waals surface area contributed by atoms with E-state index in [1.54, 1.807) is 0 Å². The van der Waals surface area contributed by atoms with Crippen molar-refractivity contribution in [2.75, 3.05) is 6.61 Å². The van der Waals surface area contributed by atoms with E-state index in [2.05, 4.69) is 0 Å². The predicted octanol–water partition coefficient (Wildman–Crippen LogP) is -1.10. The normalized spacial score (nSPS) is 12.8. The molecule has 1 atom stereocenters. The van der Waals surface area contributed by atoms with Crippen molar-refractivity contribution < 1.29 is 28.2 Å². The van der Waals surface area contributed by atoms with E-state index in [4.69, 9.17) is 15.9 Å². The summed E-state index contributed by atoms with van der Waals surface area (Å²) in [4.78, 5) is 21.5. The molecule has 8 nitrogen and oxygen atoms in total. The molecule has 0 fully saturated rings. The Bertz CT molecular complexity index is 596. The summed E-state index contributed by atoms with van der Waals surface area (Å²) in [7, 11) is -4.06. The fourth-order valence-electron chi connectivity index (χ4n) is 1.42. The smallest absolute Gasteiger partial charge is 0.321 e. The van der Waals surface area contributed by atoms with Gasteiger partial charge in [-0.25, -0.2) is 8.42 Å². The van der Waals surface area contributed by atoms with Crippen LogP contribution in [0.3, 0.4) is 0 Å². The Kier molecular flexibility index (Phi) is 5.19. The topological polar surface area (TPSA) is 147 Å². The SMILES string of the molecule is NC(=O)c1ccc(S(=O)(=O)N[C@@H](CCO)C(=O)O)cc1. The van der Waals surface area contributed by atoms with E-state index in [-0.39, 0.29) is 16.9 Å². The average Bonchev–Trinajstić information content (AvgIpc) is 2.38. The molecule has 110 valence electrons. The fraction of sp³-hybridized carbons (Fsp3) is 0.273. The molecule has 0 bridgehead atoms. The molecule has 0 unspecified atom stereocenters. The highest BCUT2D eigenvalue weighted by atomic mass is 32.2. The largest absolute Gasteiger partial charge is 0.480 e. The van der Waals surface area contributed by atoms with Gasteiger partial charge in [-0.1, -0.05) is 0 Å². The van der Waals surface area contributed by atoms with Crippen molar-refractivity contribution in [1.29, 1.82) is 0 Å². The Hall–Kier alpha value is -1.97. The zero-order valence-electron chi connectivity index (χ0n) is 10.3. The van der Waals surface area contributed by atoms with Crippen LogP contribution in [0.2, 0.25) is 0 Å². The van der Waals surface area contributed by atoms with Crippen LogP contribution < -0.4 is 10.5 Å². The number of primary amides is 1. The molecule has 1 rings (SSSR count). The van der Waals surface area contributed by atoms with Crippen molar-refractivity contribution in [1.82, 2.24) is 4.72 Å². The molecular formula is C11H14N2O6S. The first-order valence-electron chi connectivity index (χ1n) is 5.54. The first kappa shape index (κ1) is 16.1. The second-order valence-corrected chi connectivity index (χ2v) is 5.63. The van der Waals surface area contributed by atoms with E-state index in [1.807, 2.05) is 4.72 Å². The lowest BCUT2D eigenvalue weighted by Crippen LogP contribution is -2.41. The number of hydrogen-bond acceptors (Lipinski definition) is 5. The van der Waals surface area contributed by atoms with Crippen LogP contribution >= 0.6 is 0 Å². The zero-order chi connectivity index (χ0) is 15.3. The van der Waals surface area contributed by atoms with E-state index >= 15 is 0 Å². The van der Waals surface area contributed by atoms with Gasteiger partial charge in [-0.05, 0) is 30.7 Å². The molecule has 0 aliphatic heterocycles. The highest BCUT2D eigenvalue weighted by molar-refractivity contribution is 7.89. The second kappa shape index (κ2) is 6.46. The Morgan fingerprint density at radius 1 is 1.25 bits per heavy atom. The molecule has 1 aromatic rings. The number of carboxylic acids is 1. The maximum atomic E-state index is 11.9. The van der Waals surface area contributed by atoms with Crippen LogP contribution in [0.15, 0.2) is 29.2 Å². The number of benzene rings is 1. The molecule has 1 aromatic carbocycles. The number of aliphatic hydroxyl groups excluding tert-OH is 1. The first-order chi connectivity index (χ1) is 9.27. The maximum absolute atomic E-state index is 11.9. The van der Waals surface area contributed by atoms with E-state index in [9.17, 15) is 18.0 Å². The van der Waals surface area contributed by atoms with Crippen LogP contribution in [0, 0.1) is 0 Å². The number of aliphatic hydroxyl groups is 1. The monoisotopic (exact) mass is 302 g/mol. The number of carbonyl (C=O) groups excluding carboxylic acids is 1. The number of sulfonamides is 1. The number of carbonyl (C=O) groups is 2.